The van der Waals surface area contributed by atoms with E-state index in [2.05, 4.69) is 10.2 Å². The second-order valence-electron chi connectivity index (χ2n) is 8.45. The number of aryl methyl sites for hydroxylation is 1. The molecule has 3 amide bonds. The highest BCUT2D eigenvalue weighted by molar-refractivity contribution is 5.98. The summed E-state index contributed by atoms with van der Waals surface area (Å²) in [6.07, 6.45) is 0. The minimum absolute atomic E-state index is 0.0175. The van der Waals surface area contributed by atoms with Crippen molar-refractivity contribution in [2.45, 2.75) is 13.5 Å². The van der Waals surface area contributed by atoms with Gasteiger partial charge in [0.25, 0.3) is 5.91 Å². The van der Waals surface area contributed by atoms with Crippen molar-refractivity contribution >= 4 is 17.6 Å². The Hall–Kier alpha value is -3.46. The highest BCUT2D eigenvalue weighted by Gasteiger charge is 2.26. The molecule has 0 aliphatic carbocycles. The van der Waals surface area contributed by atoms with Gasteiger partial charge in [-0.05, 0) is 36.8 Å². The average Bonchev–Trinajstić information content (AvgIpc) is 3.28. The van der Waals surface area contributed by atoms with Crippen molar-refractivity contribution in [3.05, 3.63) is 47.0 Å². The van der Waals surface area contributed by atoms with Gasteiger partial charge < -0.3 is 24.4 Å². The number of methoxy groups -OCH3 is 3. The van der Waals surface area contributed by atoms with Gasteiger partial charge in [0.1, 0.15) is 0 Å². The molecule has 0 saturated carbocycles. The molecule has 0 spiro atoms. The van der Waals surface area contributed by atoms with E-state index in [-0.39, 0.29) is 11.9 Å². The van der Waals surface area contributed by atoms with Crippen molar-refractivity contribution in [1.82, 2.24) is 15.1 Å². The first kappa shape index (κ1) is 23.7. The molecule has 0 bridgehead atoms. The Labute approximate surface area is 200 Å². The summed E-state index contributed by atoms with van der Waals surface area (Å²) < 4.78 is 16.5. The zero-order valence-electron chi connectivity index (χ0n) is 20.2. The molecule has 34 heavy (non-hydrogen) atoms. The van der Waals surface area contributed by atoms with Crippen molar-refractivity contribution in [1.29, 1.82) is 0 Å². The fraction of sp³-hybridized carbons (Fsp3) is 0.440. The number of ether oxygens (including phenoxy) is 3. The maximum atomic E-state index is 13.1. The molecule has 0 atom stereocenters. The highest BCUT2D eigenvalue weighted by Crippen LogP contribution is 2.40. The van der Waals surface area contributed by atoms with Gasteiger partial charge in [-0.1, -0.05) is 6.07 Å². The van der Waals surface area contributed by atoms with E-state index in [1.165, 1.54) is 0 Å². The van der Waals surface area contributed by atoms with Crippen molar-refractivity contribution in [3.63, 3.8) is 0 Å². The predicted molar refractivity (Wildman–Crippen MR) is 129 cm³/mol. The zero-order chi connectivity index (χ0) is 24.2. The Morgan fingerprint density at radius 1 is 0.941 bits per heavy atom. The maximum absolute atomic E-state index is 13.1. The van der Waals surface area contributed by atoms with Crippen molar-refractivity contribution in [2.24, 2.45) is 0 Å². The normalized spacial score (nSPS) is 16.4. The summed E-state index contributed by atoms with van der Waals surface area (Å²) in [4.78, 5) is 31.0. The van der Waals surface area contributed by atoms with Gasteiger partial charge in [0, 0.05) is 62.6 Å². The number of urea groups is 1. The van der Waals surface area contributed by atoms with Gasteiger partial charge >= 0.3 is 6.03 Å². The maximum Gasteiger partial charge on any atom is 0.322 e. The molecule has 4 rings (SSSR count). The van der Waals surface area contributed by atoms with Crippen LogP contribution in [0.4, 0.5) is 10.5 Å². The first-order valence-electron chi connectivity index (χ1n) is 11.4. The third-order valence-corrected chi connectivity index (χ3v) is 6.43. The van der Waals surface area contributed by atoms with E-state index < -0.39 is 0 Å². The lowest BCUT2D eigenvalue weighted by Crippen LogP contribution is -2.48. The van der Waals surface area contributed by atoms with E-state index in [4.69, 9.17) is 14.2 Å². The first-order valence-corrected chi connectivity index (χ1v) is 11.4. The minimum atomic E-state index is -0.0931. The van der Waals surface area contributed by atoms with Crippen LogP contribution in [0.15, 0.2) is 30.3 Å². The number of nitrogens with zero attached hydrogens (tertiary/aromatic N) is 3. The Balaban J connectivity index is 1.39. The van der Waals surface area contributed by atoms with E-state index in [0.717, 1.165) is 29.9 Å². The summed E-state index contributed by atoms with van der Waals surface area (Å²) in [6, 6.07) is 9.34. The molecule has 2 aromatic carbocycles. The summed E-state index contributed by atoms with van der Waals surface area (Å²) >= 11 is 0. The molecule has 2 aliphatic rings. The second kappa shape index (κ2) is 10.2. The lowest BCUT2D eigenvalue weighted by Gasteiger charge is -2.35. The van der Waals surface area contributed by atoms with Gasteiger partial charge in [0.2, 0.25) is 5.75 Å². The SMILES string of the molecule is COc1ccc(CN2CCN(C(=O)c3ccc(N4CCNC4=O)c(C)c3)CC2)c(OC)c1OC. The molecule has 0 aromatic heterocycles. The number of anilines is 1. The number of carbonyl (C=O) groups is 2. The van der Waals surface area contributed by atoms with Gasteiger partial charge in [0.15, 0.2) is 11.5 Å². The Morgan fingerprint density at radius 2 is 1.68 bits per heavy atom. The third-order valence-electron chi connectivity index (χ3n) is 6.43. The van der Waals surface area contributed by atoms with Gasteiger partial charge in [-0.2, -0.15) is 0 Å². The monoisotopic (exact) mass is 468 g/mol. The van der Waals surface area contributed by atoms with Gasteiger partial charge in [-0.3, -0.25) is 14.6 Å². The number of rotatable bonds is 7. The molecule has 1 N–H and O–H groups in total. The summed E-state index contributed by atoms with van der Waals surface area (Å²) in [7, 11) is 4.83. The van der Waals surface area contributed by atoms with Crippen LogP contribution in [0, 0.1) is 6.92 Å². The summed E-state index contributed by atoms with van der Waals surface area (Å²) in [5, 5.41) is 2.81. The molecule has 2 aliphatic heterocycles. The topological polar surface area (TPSA) is 83.6 Å². The second-order valence-corrected chi connectivity index (χ2v) is 8.45. The van der Waals surface area contributed by atoms with Crippen LogP contribution in [0.5, 0.6) is 17.2 Å². The van der Waals surface area contributed by atoms with E-state index in [1.54, 1.807) is 26.2 Å². The van der Waals surface area contributed by atoms with Crippen molar-refractivity contribution in [2.75, 3.05) is 65.5 Å². The smallest absolute Gasteiger partial charge is 0.322 e. The number of benzene rings is 2. The van der Waals surface area contributed by atoms with Crippen LogP contribution in [-0.4, -0.2) is 82.3 Å². The fourth-order valence-electron chi connectivity index (χ4n) is 4.61. The van der Waals surface area contributed by atoms with Gasteiger partial charge in [-0.15, -0.1) is 0 Å². The van der Waals surface area contributed by atoms with Crippen molar-refractivity contribution < 1.29 is 23.8 Å². The molecule has 2 fully saturated rings. The van der Waals surface area contributed by atoms with Crippen LogP contribution in [0.3, 0.4) is 0 Å². The molecule has 9 nitrogen and oxygen atoms in total. The molecular weight excluding hydrogens is 436 g/mol. The predicted octanol–water partition coefficient (Wildman–Crippen LogP) is 2.51. The van der Waals surface area contributed by atoms with E-state index in [0.29, 0.717) is 55.5 Å². The number of piperazine rings is 1. The average molecular weight is 469 g/mol. The largest absolute Gasteiger partial charge is 0.493 e. The Morgan fingerprint density at radius 3 is 2.26 bits per heavy atom. The van der Waals surface area contributed by atoms with Crippen LogP contribution < -0.4 is 24.4 Å². The van der Waals surface area contributed by atoms with E-state index in [9.17, 15) is 9.59 Å². The molecule has 9 heteroatoms. The molecule has 2 saturated heterocycles. The van der Waals surface area contributed by atoms with Crippen LogP contribution in [0.2, 0.25) is 0 Å². The lowest BCUT2D eigenvalue weighted by atomic mass is 10.1. The molecule has 2 heterocycles. The van der Waals surface area contributed by atoms with Gasteiger partial charge in [0.05, 0.1) is 21.3 Å². The summed E-state index contributed by atoms with van der Waals surface area (Å²) in [6.45, 7) is 6.71. The molecule has 2 aromatic rings. The number of hydrogen-bond donors (Lipinski definition) is 1. The molecule has 0 unspecified atom stereocenters. The van der Waals surface area contributed by atoms with Crippen LogP contribution in [0.1, 0.15) is 21.5 Å². The minimum Gasteiger partial charge on any atom is -0.493 e. The van der Waals surface area contributed by atoms with E-state index in [1.807, 2.05) is 42.2 Å². The number of carbonyl (C=O) groups excluding carboxylic acids is 2. The van der Waals surface area contributed by atoms with Gasteiger partial charge in [-0.25, -0.2) is 4.79 Å². The van der Waals surface area contributed by atoms with Crippen LogP contribution in [0.25, 0.3) is 0 Å². The van der Waals surface area contributed by atoms with Crippen LogP contribution >= 0.6 is 0 Å². The number of amides is 3. The Kier molecular flexibility index (Phi) is 7.12. The molecule has 0 radical (unpaired) electrons. The summed E-state index contributed by atoms with van der Waals surface area (Å²) in [5.41, 5.74) is 3.43. The highest BCUT2D eigenvalue weighted by atomic mass is 16.5. The summed E-state index contributed by atoms with van der Waals surface area (Å²) in [5.74, 6) is 1.90. The zero-order valence-corrected chi connectivity index (χ0v) is 20.2. The fourth-order valence-corrected chi connectivity index (χ4v) is 4.61. The standard InChI is InChI=1S/C25H32N4O5/c1-17-15-18(5-7-20(17)29-10-9-26-25(29)31)24(30)28-13-11-27(12-14-28)16-19-6-8-21(32-2)23(34-4)22(19)33-3/h5-8,15H,9-14,16H2,1-4H3,(H,26,31). The van der Waals surface area contributed by atoms with Crippen molar-refractivity contribution in [3.8, 4) is 17.2 Å². The molecule has 182 valence electrons. The van der Waals surface area contributed by atoms with E-state index >= 15 is 0 Å². The molecular formula is C25H32N4O5. The number of nitrogens with one attached hydrogen (secondary N) is 1. The Bertz CT molecular complexity index is 1070. The number of hydrogen-bond acceptors (Lipinski definition) is 6. The first-order chi connectivity index (χ1) is 16.5. The third kappa shape index (κ3) is 4.61. The van der Waals surface area contributed by atoms with Crippen LogP contribution in [-0.2, 0) is 6.54 Å². The lowest BCUT2D eigenvalue weighted by molar-refractivity contribution is 0.0627. The quantitative estimate of drug-likeness (QED) is 0.672.